The molecule has 0 aliphatic rings. The van der Waals surface area contributed by atoms with Crippen molar-refractivity contribution in [3.8, 4) is 11.8 Å². The van der Waals surface area contributed by atoms with Crippen LogP contribution in [0.5, 0.6) is 0 Å². The molecule has 0 saturated carbocycles. The lowest BCUT2D eigenvalue weighted by atomic mass is 10.3. The van der Waals surface area contributed by atoms with Gasteiger partial charge in [0.25, 0.3) is 5.91 Å². The molecule has 0 bridgehead atoms. The third-order valence-corrected chi connectivity index (χ3v) is 3.47. The number of aliphatic hydroxyl groups is 1. The number of likely N-dealkylation sites (N-methyl/N-ethyl adjacent to an activating group) is 1. The summed E-state index contributed by atoms with van der Waals surface area (Å²) in [7, 11) is 2.02. The maximum Gasteiger partial charge on any atom is 0.252 e. The first-order valence-corrected chi connectivity index (χ1v) is 7.20. The summed E-state index contributed by atoms with van der Waals surface area (Å²) < 4.78 is 0. The Hall–Kier alpha value is -1.35. The van der Waals surface area contributed by atoms with Gasteiger partial charge in [-0.15, -0.1) is 11.3 Å². The number of hydrogen-bond acceptors (Lipinski definition) is 4. The smallest absolute Gasteiger partial charge is 0.252 e. The lowest BCUT2D eigenvalue weighted by Gasteiger charge is -2.13. The minimum Gasteiger partial charge on any atom is -0.395 e. The maximum absolute atomic E-state index is 11.8. The number of thiophene rings is 1. The largest absolute Gasteiger partial charge is 0.395 e. The summed E-state index contributed by atoms with van der Waals surface area (Å²) in [5.74, 6) is 5.71. The van der Waals surface area contributed by atoms with Crippen LogP contribution in [-0.2, 0) is 0 Å². The highest BCUT2D eigenvalue weighted by Crippen LogP contribution is 2.13. The van der Waals surface area contributed by atoms with E-state index in [0.29, 0.717) is 18.5 Å². The molecule has 0 aromatic carbocycles. The Morgan fingerprint density at radius 1 is 1.58 bits per heavy atom. The fraction of sp³-hybridized carbons (Fsp3) is 0.500. The van der Waals surface area contributed by atoms with Gasteiger partial charge in [-0.2, -0.15) is 0 Å². The summed E-state index contributed by atoms with van der Waals surface area (Å²) >= 11 is 1.45. The first-order valence-electron chi connectivity index (χ1n) is 6.32. The number of aliphatic hydroxyl groups excluding tert-OH is 1. The molecule has 0 spiro atoms. The van der Waals surface area contributed by atoms with Gasteiger partial charge in [-0.3, -0.25) is 4.79 Å². The van der Waals surface area contributed by atoms with E-state index in [2.05, 4.69) is 29.0 Å². The van der Waals surface area contributed by atoms with E-state index in [-0.39, 0.29) is 12.5 Å². The lowest BCUT2D eigenvalue weighted by molar-refractivity contribution is 0.0950. The fourth-order valence-corrected chi connectivity index (χ4v) is 2.10. The summed E-state index contributed by atoms with van der Waals surface area (Å²) in [6.45, 7) is 4.60. The quantitative estimate of drug-likeness (QED) is 0.769. The summed E-state index contributed by atoms with van der Waals surface area (Å²) in [6, 6.07) is 1.79. The van der Waals surface area contributed by atoms with Crippen LogP contribution in [0, 0.1) is 11.8 Å². The highest BCUT2D eigenvalue weighted by molar-refractivity contribution is 7.10. The molecule has 1 aromatic rings. The number of rotatable bonds is 6. The molecule has 1 rings (SSSR count). The Bertz CT molecular complexity index is 460. The van der Waals surface area contributed by atoms with Crippen molar-refractivity contribution in [3.63, 3.8) is 0 Å². The van der Waals surface area contributed by atoms with Gasteiger partial charge in [0, 0.05) is 24.9 Å². The predicted molar refractivity (Wildman–Crippen MR) is 78.4 cm³/mol. The van der Waals surface area contributed by atoms with Crippen molar-refractivity contribution in [1.29, 1.82) is 0 Å². The topological polar surface area (TPSA) is 52.6 Å². The predicted octanol–water partition coefficient (Wildman–Crippen LogP) is 1.16. The van der Waals surface area contributed by atoms with E-state index in [0.717, 1.165) is 18.0 Å². The molecule has 0 fully saturated rings. The van der Waals surface area contributed by atoms with Crippen molar-refractivity contribution < 1.29 is 9.90 Å². The minimum absolute atomic E-state index is 0.0593. The molecule has 1 heterocycles. The Labute approximate surface area is 118 Å². The summed E-state index contributed by atoms with van der Waals surface area (Å²) in [5, 5.41) is 13.3. The van der Waals surface area contributed by atoms with E-state index in [1.807, 2.05) is 12.4 Å². The standard InChI is InChI=1S/C14H20N2O2S/c1-3-16(2)8-7-15-14(18)12-10-13(19-11-12)6-4-5-9-17/h10-11,17H,3,5,7-9H2,1-2H3,(H,15,18). The molecule has 2 N–H and O–H groups in total. The van der Waals surface area contributed by atoms with Crippen LogP contribution < -0.4 is 5.32 Å². The molecular weight excluding hydrogens is 260 g/mol. The normalized spacial score (nSPS) is 10.1. The fourth-order valence-electron chi connectivity index (χ4n) is 1.35. The lowest BCUT2D eigenvalue weighted by Crippen LogP contribution is -2.32. The summed E-state index contributed by atoms with van der Waals surface area (Å²) in [6.07, 6.45) is 0.461. The second kappa shape index (κ2) is 8.70. The van der Waals surface area contributed by atoms with Crippen LogP contribution >= 0.6 is 11.3 Å². The van der Waals surface area contributed by atoms with Crippen LogP contribution in [-0.4, -0.2) is 49.2 Å². The molecule has 0 radical (unpaired) electrons. The number of amides is 1. The second-order valence-corrected chi connectivity index (χ2v) is 5.04. The first-order chi connectivity index (χ1) is 9.17. The molecule has 4 nitrogen and oxygen atoms in total. The SMILES string of the molecule is CCN(C)CCNC(=O)c1csc(C#CCCO)c1. The van der Waals surface area contributed by atoms with Gasteiger partial charge in [0.1, 0.15) is 0 Å². The van der Waals surface area contributed by atoms with Crippen molar-refractivity contribution in [2.24, 2.45) is 0 Å². The Morgan fingerprint density at radius 2 is 2.37 bits per heavy atom. The maximum atomic E-state index is 11.8. The van der Waals surface area contributed by atoms with Gasteiger partial charge in [0.2, 0.25) is 0 Å². The average molecular weight is 280 g/mol. The molecule has 104 valence electrons. The van der Waals surface area contributed by atoms with Crippen LogP contribution in [0.25, 0.3) is 0 Å². The number of hydrogen-bond donors (Lipinski definition) is 2. The second-order valence-electron chi connectivity index (χ2n) is 4.13. The van der Waals surface area contributed by atoms with Gasteiger partial charge in [-0.1, -0.05) is 18.8 Å². The Kier molecular flexibility index (Phi) is 7.19. The molecule has 5 heteroatoms. The molecule has 0 aliphatic heterocycles. The molecule has 0 atom stereocenters. The van der Waals surface area contributed by atoms with Gasteiger partial charge in [-0.25, -0.2) is 0 Å². The van der Waals surface area contributed by atoms with Gasteiger partial charge < -0.3 is 15.3 Å². The molecule has 19 heavy (non-hydrogen) atoms. The zero-order valence-corrected chi connectivity index (χ0v) is 12.2. The van der Waals surface area contributed by atoms with Crippen LogP contribution in [0.4, 0.5) is 0 Å². The number of nitrogens with one attached hydrogen (secondary N) is 1. The number of carbonyl (C=O) groups excluding carboxylic acids is 1. The van der Waals surface area contributed by atoms with Crippen LogP contribution in [0.1, 0.15) is 28.6 Å². The molecule has 1 aromatic heterocycles. The monoisotopic (exact) mass is 280 g/mol. The Morgan fingerprint density at radius 3 is 3.05 bits per heavy atom. The number of carbonyl (C=O) groups is 1. The van der Waals surface area contributed by atoms with E-state index in [1.54, 1.807) is 6.07 Å². The van der Waals surface area contributed by atoms with Gasteiger partial charge in [0.05, 0.1) is 17.0 Å². The van der Waals surface area contributed by atoms with Gasteiger partial charge >= 0.3 is 0 Å². The van der Waals surface area contributed by atoms with Crippen LogP contribution in [0.2, 0.25) is 0 Å². The highest BCUT2D eigenvalue weighted by atomic mass is 32.1. The third-order valence-electron chi connectivity index (χ3n) is 2.63. The van der Waals surface area contributed by atoms with Crippen molar-refractivity contribution in [1.82, 2.24) is 10.2 Å². The van der Waals surface area contributed by atoms with Crippen LogP contribution in [0.3, 0.4) is 0 Å². The summed E-state index contributed by atoms with van der Waals surface area (Å²) in [5.41, 5.74) is 0.650. The average Bonchev–Trinajstić information content (AvgIpc) is 2.87. The summed E-state index contributed by atoms with van der Waals surface area (Å²) in [4.78, 5) is 14.8. The van der Waals surface area contributed by atoms with Gasteiger partial charge in [0.15, 0.2) is 0 Å². The zero-order valence-electron chi connectivity index (χ0n) is 11.4. The zero-order chi connectivity index (χ0) is 14.1. The van der Waals surface area contributed by atoms with E-state index >= 15 is 0 Å². The highest BCUT2D eigenvalue weighted by Gasteiger charge is 2.07. The van der Waals surface area contributed by atoms with E-state index in [9.17, 15) is 4.79 Å². The van der Waals surface area contributed by atoms with Crippen molar-refractivity contribution in [2.75, 3.05) is 33.3 Å². The van der Waals surface area contributed by atoms with E-state index in [1.165, 1.54) is 11.3 Å². The van der Waals surface area contributed by atoms with Crippen molar-refractivity contribution in [2.45, 2.75) is 13.3 Å². The molecule has 0 aliphatic carbocycles. The van der Waals surface area contributed by atoms with Crippen molar-refractivity contribution in [3.05, 3.63) is 21.9 Å². The van der Waals surface area contributed by atoms with E-state index < -0.39 is 0 Å². The number of nitrogens with zero attached hydrogens (tertiary/aromatic N) is 1. The third kappa shape index (κ3) is 5.88. The van der Waals surface area contributed by atoms with Gasteiger partial charge in [-0.05, 0) is 19.7 Å². The minimum atomic E-state index is -0.0593. The Balaban J connectivity index is 2.43. The van der Waals surface area contributed by atoms with Crippen molar-refractivity contribution >= 4 is 17.2 Å². The molecule has 0 saturated heterocycles. The van der Waals surface area contributed by atoms with Crippen LogP contribution in [0.15, 0.2) is 11.4 Å². The molecule has 1 amide bonds. The molecular formula is C14H20N2O2S. The van der Waals surface area contributed by atoms with E-state index in [4.69, 9.17) is 5.11 Å². The molecule has 0 unspecified atom stereocenters. The first kappa shape index (κ1) is 15.7.